The number of benzene rings is 1. The van der Waals surface area contributed by atoms with Gasteiger partial charge in [0.25, 0.3) is 0 Å². The maximum Gasteiger partial charge on any atom is 0.225 e. The van der Waals surface area contributed by atoms with Crippen LogP contribution in [-0.4, -0.2) is 51.7 Å². The smallest absolute Gasteiger partial charge is 0.225 e. The van der Waals surface area contributed by atoms with Crippen molar-refractivity contribution in [3.05, 3.63) is 35.1 Å². The van der Waals surface area contributed by atoms with Gasteiger partial charge in [-0.3, -0.25) is 9.89 Å². The second-order valence-corrected chi connectivity index (χ2v) is 9.32. The van der Waals surface area contributed by atoms with Gasteiger partial charge in [-0.05, 0) is 37.3 Å². The van der Waals surface area contributed by atoms with Crippen LogP contribution in [-0.2, 0) is 17.6 Å². The van der Waals surface area contributed by atoms with Crippen molar-refractivity contribution in [1.82, 2.24) is 25.1 Å². The average Bonchev–Trinajstić information content (AvgIpc) is 3.41. The molecule has 0 spiro atoms. The number of aryl methyl sites for hydroxylation is 1. The van der Waals surface area contributed by atoms with Gasteiger partial charge in [-0.25, -0.2) is 9.97 Å². The number of fused-ring (bicyclic) bond motifs is 4. The van der Waals surface area contributed by atoms with Gasteiger partial charge in [0.2, 0.25) is 5.91 Å². The van der Waals surface area contributed by atoms with E-state index in [1.807, 2.05) is 24.1 Å². The number of carbonyl (C=O) groups is 1. The van der Waals surface area contributed by atoms with E-state index in [0.717, 1.165) is 64.9 Å². The number of hydrogen-bond donors (Lipinski definition) is 2. The van der Waals surface area contributed by atoms with Crippen LogP contribution < -0.4 is 10.1 Å². The monoisotopic (exact) mass is 450 g/mol. The number of ether oxygens (including phenoxy) is 1. The molecule has 1 aliphatic rings. The number of aromatic nitrogens is 4. The van der Waals surface area contributed by atoms with E-state index in [2.05, 4.69) is 32.4 Å². The Balaban J connectivity index is 1.49. The molecule has 2 N–H and O–H groups in total. The van der Waals surface area contributed by atoms with Gasteiger partial charge < -0.3 is 15.0 Å². The van der Waals surface area contributed by atoms with Gasteiger partial charge in [-0.2, -0.15) is 5.10 Å². The van der Waals surface area contributed by atoms with Crippen molar-refractivity contribution in [1.29, 1.82) is 0 Å². The van der Waals surface area contributed by atoms with Crippen molar-refractivity contribution in [2.45, 2.75) is 32.6 Å². The van der Waals surface area contributed by atoms with E-state index in [1.54, 1.807) is 31.0 Å². The van der Waals surface area contributed by atoms with Gasteiger partial charge >= 0.3 is 0 Å². The molecule has 166 valence electrons. The number of amides is 1. The second-order valence-electron chi connectivity index (χ2n) is 8.24. The zero-order valence-electron chi connectivity index (χ0n) is 18.4. The van der Waals surface area contributed by atoms with Crippen LogP contribution >= 0.6 is 11.3 Å². The summed E-state index contributed by atoms with van der Waals surface area (Å²) < 4.78 is 5.59. The number of hydrogen-bond acceptors (Lipinski definition) is 7. The Kier molecular flexibility index (Phi) is 5.42. The standard InChI is InChI=1S/C23H26N6O2S/c1-4-7-29(2)23(30)13-5-6-15-19(9-13)32-22-20(15)21(24-12-25-22)27-17-8-14-11-26-28-16(14)10-18(17)31-3/h8,10-13H,4-7,9H2,1-3H3,(H,26,28)(H,24,25,27)/t13-/m0/s1. The third kappa shape index (κ3) is 3.56. The second kappa shape index (κ2) is 8.38. The first-order chi connectivity index (χ1) is 15.6. The molecule has 9 heteroatoms. The van der Waals surface area contributed by atoms with E-state index in [4.69, 9.17) is 4.74 Å². The molecule has 3 heterocycles. The molecule has 32 heavy (non-hydrogen) atoms. The molecule has 8 nitrogen and oxygen atoms in total. The first kappa shape index (κ1) is 20.7. The predicted molar refractivity (Wildman–Crippen MR) is 127 cm³/mol. The quantitative estimate of drug-likeness (QED) is 0.455. The van der Waals surface area contributed by atoms with E-state index in [-0.39, 0.29) is 11.8 Å². The van der Waals surface area contributed by atoms with Gasteiger partial charge in [0, 0.05) is 35.8 Å². The number of carbonyl (C=O) groups excluding carboxylic acids is 1. The highest BCUT2D eigenvalue weighted by Crippen LogP contribution is 2.41. The molecular weight excluding hydrogens is 424 g/mol. The number of nitrogens with one attached hydrogen (secondary N) is 2. The molecule has 0 aliphatic heterocycles. The Morgan fingerprint density at radius 1 is 1.38 bits per heavy atom. The molecule has 3 aromatic heterocycles. The highest BCUT2D eigenvalue weighted by atomic mass is 32.1. The summed E-state index contributed by atoms with van der Waals surface area (Å²) in [6, 6.07) is 3.93. The van der Waals surface area contributed by atoms with Crippen molar-refractivity contribution >= 4 is 49.9 Å². The van der Waals surface area contributed by atoms with Gasteiger partial charge in [-0.15, -0.1) is 11.3 Å². The zero-order chi connectivity index (χ0) is 22.2. The molecule has 0 unspecified atom stereocenters. The van der Waals surface area contributed by atoms with Crippen molar-refractivity contribution in [3.8, 4) is 5.75 Å². The number of rotatable bonds is 6. The Labute approximate surface area is 190 Å². The van der Waals surface area contributed by atoms with E-state index in [1.165, 1.54) is 10.4 Å². The first-order valence-corrected chi connectivity index (χ1v) is 11.7. The number of aromatic amines is 1. The van der Waals surface area contributed by atoms with Crippen molar-refractivity contribution in [2.24, 2.45) is 5.92 Å². The van der Waals surface area contributed by atoms with E-state index in [9.17, 15) is 4.79 Å². The van der Waals surface area contributed by atoms with Gasteiger partial charge in [0.1, 0.15) is 22.7 Å². The summed E-state index contributed by atoms with van der Waals surface area (Å²) in [5.74, 6) is 1.77. The third-order valence-corrected chi connectivity index (χ3v) is 7.31. The lowest BCUT2D eigenvalue weighted by Crippen LogP contribution is -2.35. The molecule has 0 saturated heterocycles. The van der Waals surface area contributed by atoms with E-state index in [0.29, 0.717) is 5.75 Å². The Morgan fingerprint density at radius 3 is 3.06 bits per heavy atom. The fourth-order valence-corrected chi connectivity index (χ4v) is 5.81. The predicted octanol–water partition coefficient (Wildman–Crippen LogP) is 4.29. The van der Waals surface area contributed by atoms with Crippen molar-refractivity contribution in [3.63, 3.8) is 0 Å². The highest BCUT2D eigenvalue weighted by Gasteiger charge is 2.30. The number of H-pyrrole nitrogens is 1. The molecule has 5 rings (SSSR count). The van der Waals surface area contributed by atoms with Gasteiger partial charge in [0.15, 0.2) is 0 Å². The lowest BCUT2D eigenvalue weighted by Gasteiger charge is -2.26. The number of methoxy groups -OCH3 is 1. The van der Waals surface area contributed by atoms with E-state index >= 15 is 0 Å². The molecule has 1 aliphatic carbocycles. The van der Waals surface area contributed by atoms with Crippen LogP contribution in [0, 0.1) is 5.92 Å². The van der Waals surface area contributed by atoms with Gasteiger partial charge in [0.05, 0.1) is 29.9 Å². The highest BCUT2D eigenvalue weighted by molar-refractivity contribution is 7.19. The molecule has 0 saturated carbocycles. The fraction of sp³-hybridized carbons (Fsp3) is 0.391. The summed E-state index contributed by atoms with van der Waals surface area (Å²) in [4.78, 5) is 26.0. The molecule has 4 aromatic rings. The summed E-state index contributed by atoms with van der Waals surface area (Å²) in [6.45, 7) is 2.90. The maximum atomic E-state index is 12.8. The largest absolute Gasteiger partial charge is 0.494 e. The minimum Gasteiger partial charge on any atom is -0.494 e. The van der Waals surface area contributed by atoms with Crippen molar-refractivity contribution in [2.75, 3.05) is 26.0 Å². The van der Waals surface area contributed by atoms with Crippen LogP contribution in [0.3, 0.4) is 0 Å². The van der Waals surface area contributed by atoms with Crippen LogP contribution in [0.2, 0.25) is 0 Å². The van der Waals surface area contributed by atoms with Crippen molar-refractivity contribution < 1.29 is 9.53 Å². The number of thiophene rings is 1. The zero-order valence-corrected chi connectivity index (χ0v) is 19.3. The summed E-state index contributed by atoms with van der Waals surface area (Å²) in [5.41, 5.74) is 3.00. The molecule has 0 radical (unpaired) electrons. The topological polar surface area (TPSA) is 96.0 Å². The molecule has 0 fully saturated rings. The van der Waals surface area contributed by atoms with Crippen LogP contribution in [0.25, 0.3) is 21.1 Å². The minimum atomic E-state index is 0.0417. The van der Waals surface area contributed by atoms with Crippen LogP contribution in [0.1, 0.15) is 30.2 Å². The van der Waals surface area contributed by atoms with Crippen LogP contribution in [0.5, 0.6) is 5.75 Å². The molecule has 1 aromatic carbocycles. The maximum absolute atomic E-state index is 12.8. The average molecular weight is 451 g/mol. The SMILES string of the molecule is CCCN(C)C(=O)[C@H]1CCc2c(sc3ncnc(Nc4cc5cn[nH]c5cc4OC)c23)C1. The van der Waals surface area contributed by atoms with Crippen LogP contribution in [0.4, 0.5) is 11.5 Å². The molecule has 1 atom stereocenters. The number of anilines is 2. The Bertz CT molecular complexity index is 1300. The summed E-state index contributed by atoms with van der Waals surface area (Å²) in [6.07, 6.45) is 6.83. The van der Waals surface area contributed by atoms with Crippen LogP contribution in [0.15, 0.2) is 24.7 Å². The fourth-order valence-electron chi connectivity index (χ4n) is 4.54. The first-order valence-electron chi connectivity index (χ1n) is 10.9. The van der Waals surface area contributed by atoms with Gasteiger partial charge in [-0.1, -0.05) is 6.92 Å². The Morgan fingerprint density at radius 2 is 2.25 bits per heavy atom. The lowest BCUT2D eigenvalue weighted by molar-refractivity contribution is -0.134. The summed E-state index contributed by atoms with van der Waals surface area (Å²) in [7, 11) is 3.56. The third-order valence-electron chi connectivity index (χ3n) is 6.14. The summed E-state index contributed by atoms with van der Waals surface area (Å²) >= 11 is 1.68. The number of nitrogens with zero attached hydrogens (tertiary/aromatic N) is 4. The lowest BCUT2D eigenvalue weighted by atomic mass is 9.87. The molecule has 1 amide bonds. The molecular formula is C23H26N6O2S. The Hall–Kier alpha value is -3.20. The minimum absolute atomic E-state index is 0.0417. The summed E-state index contributed by atoms with van der Waals surface area (Å²) in [5, 5.41) is 12.6. The normalized spacial score (nSPS) is 15.7. The molecule has 0 bridgehead atoms. The van der Waals surface area contributed by atoms with E-state index < -0.39 is 0 Å².